The Bertz CT molecular complexity index is 1180. The van der Waals surface area contributed by atoms with Gasteiger partial charge < -0.3 is 19.7 Å². The number of nitrogens with zero attached hydrogens (tertiary/aromatic N) is 3. The average Bonchev–Trinajstić information content (AvgIpc) is 3.20. The summed E-state index contributed by atoms with van der Waals surface area (Å²) in [6, 6.07) is 8.75. The maximum atomic E-state index is 13.4. The minimum atomic E-state index is -3.38. The van der Waals surface area contributed by atoms with Gasteiger partial charge in [-0.3, -0.25) is 23.7 Å². The fourth-order valence-corrected chi connectivity index (χ4v) is 5.03. The molecule has 0 aliphatic heterocycles. The zero-order chi connectivity index (χ0) is 23.8. The van der Waals surface area contributed by atoms with Gasteiger partial charge in [-0.15, -0.1) is 0 Å². The van der Waals surface area contributed by atoms with Gasteiger partial charge in [0, 0.05) is 6.16 Å². The number of carbonyl (C=O) groups excluding carboxylic acids is 1. The highest BCUT2D eigenvalue weighted by Gasteiger charge is 2.28. The number of H-pyrrole nitrogens is 1. The first-order valence-electron chi connectivity index (χ1n) is 10.2. The van der Waals surface area contributed by atoms with Gasteiger partial charge in [0.05, 0.1) is 26.7 Å². The highest BCUT2D eigenvalue weighted by molar-refractivity contribution is 7.56. The van der Waals surface area contributed by atoms with Crippen LogP contribution < -0.4 is 16.4 Å². The predicted octanol–water partition coefficient (Wildman–Crippen LogP) is 1.28. The molecule has 0 amide bonds. The third-order valence-corrected chi connectivity index (χ3v) is 6.93. The molecule has 4 N–H and O–H groups in total. The number of nitrogens with one attached hydrogen (secondary N) is 2. The molecular formula is C20H27N6O6P. The van der Waals surface area contributed by atoms with Crippen LogP contribution >= 0.6 is 7.52 Å². The number of ether oxygens (including phenoxy) is 2. The largest absolute Gasteiger partial charge is 0.468 e. The van der Waals surface area contributed by atoms with E-state index in [0.29, 0.717) is 12.1 Å². The maximum Gasteiger partial charge on any atom is 0.323 e. The summed E-state index contributed by atoms with van der Waals surface area (Å²) in [5.74, 6) is -0.564. The molecule has 0 fully saturated rings. The van der Waals surface area contributed by atoms with E-state index in [9.17, 15) is 14.2 Å². The lowest BCUT2D eigenvalue weighted by atomic mass is 10.2. The van der Waals surface area contributed by atoms with Gasteiger partial charge in [-0.05, 0) is 18.9 Å². The van der Waals surface area contributed by atoms with E-state index in [1.54, 1.807) is 6.92 Å². The number of benzene rings is 1. The number of nitrogen functional groups attached to an aromatic ring is 1. The molecule has 0 spiro atoms. The Balaban J connectivity index is 1.56. The van der Waals surface area contributed by atoms with Crippen molar-refractivity contribution in [3.8, 4) is 0 Å². The molecule has 2 heterocycles. The van der Waals surface area contributed by atoms with Crippen molar-refractivity contribution in [3.63, 3.8) is 0 Å². The van der Waals surface area contributed by atoms with E-state index < -0.39 is 25.1 Å². The number of hydrogen-bond acceptors (Lipinski definition) is 9. The van der Waals surface area contributed by atoms with E-state index >= 15 is 0 Å². The van der Waals surface area contributed by atoms with Crippen LogP contribution in [-0.2, 0) is 36.5 Å². The fourth-order valence-electron chi connectivity index (χ4n) is 3.08. The SMILES string of the molecule is COC(=O)[C@@H](C)NP(=O)(CCc1ccccc1)OCCOCn1cnc2c(=O)[nH]c(N)nc21. The number of imidazole rings is 1. The van der Waals surface area contributed by atoms with Crippen LogP contribution in [0.25, 0.3) is 11.2 Å². The summed E-state index contributed by atoms with van der Waals surface area (Å²) in [6.45, 7) is 1.71. The highest BCUT2D eigenvalue weighted by atomic mass is 31.2. The minimum absolute atomic E-state index is 0.00966. The third-order valence-electron chi connectivity index (χ3n) is 4.73. The molecular weight excluding hydrogens is 451 g/mol. The van der Waals surface area contributed by atoms with Crippen LogP contribution in [-0.4, -0.2) is 58.0 Å². The van der Waals surface area contributed by atoms with E-state index in [0.717, 1.165) is 5.56 Å². The standard InChI is InChI=1S/C20H27N6O6P/c1-14(19(28)30-2)25-33(29,11-8-15-6-4-3-5-7-15)32-10-9-31-13-26-12-22-16-17(26)23-20(21)24-18(16)27/h3-7,12,14H,8-11,13H2,1-2H3,(H,25,29)(H3,21,23,24,27)/t14-,33?/m1/s1. The van der Waals surface area contributed by atoms with Gasteiger partial charge in [0.2, 0.25) is 5.95 Å². The number of aromatic amines is 1. The maximum absolute atomic E-state index is 13.4. The smallest absolute Gasteiger partial charge is 0.323 e. The number of carbonyl (C=O) groups is 1. The molecule has 2 atom stereocenters. The Hall–Kier alpha value is -3.05. The van der Waals surface area contributed by atoms with E-state index in [4.69, 9.17) is 19.7 Å². The molecule has 0 bridgehead atoms. The molecule has 3 rings (SSSR count). The molecule has 0 aliphatic rings. The molecule has 0 saturated heterocycles. The molecule has 33 heavy (non-hydrogen) atoms. The van der Waals surface area contributed by atoms with E-state index in [1.807, 2.05) is 30.3 Å². The summed E-state index contributed by atoms with van der Waals surface area (Å²) >= 11 is 0. The first-order chi connectivity index (χ1) is 15.8. The summed E-state index contributed by atoms with van der Waals surface area (Å²) in [5.41, 5.74) is 6.58. The highest BCUT2D eigenvalue weighted by Crippen LogP contribution is 2.43. The molecule has 0 saturated carbocycles. The third kappa shape index (κ3) is 6.72. The summed E-state index contributed by atoms with van der Waals surface area (Å²) in [4.78, 5) is 34.1. The zero-order valence-corrected chi connectivity index (χ0v) is 19.3. The molecule has 12 nitrogen and oxygen atoms in total. The molecule has 178 valence electrons. The van der Waals surface area contributed by atoms with Crippen molar-refractivity contribution in [2.45, 2.75) is 26.1 Å². The van der Waals surface area contributed by atoms with Gasteiger partial charge in [-0.1, -0.05) is 30.3 Å². The van der Waals surface area contributed by atoms with Crippen LogP contribution in [0.15, 0.2) is 41.5 Å². The van der Waals surface area contributed by atoms with Gasteiger partial charge >= 0.3 is 5.97 Å². The zero-order valence-electron chi connectivity index (χ0n) is 18.4. The number of methoxy groups -OCH3 is 1. The van der Waals surface area contributed by atoms with Gasteiger partial charge in [0.25, 0.3) is 13.1 Å². The van der Waals surface area contributed by atoms with Gasteiger partial charge in [0.15, 0.2) is 11.2 Å². The molecule has 0 aliphatic carbocycles. The Morgan fingerprint density at radius 2 is 2.06 bits per heavy atom. The van der Waals surface area contributed by atoms with E-state index in [2.05, 4.69) is 20.0 Å². The first kappa shape index (κ1) is 24.6. The van der Waals surface area contributed by atoms with Crippen LogP contribution in [0.3, 0.4) is 0 Å². The van der Waals surface area contributed by atoms with Crippen LogP contribution in [0.1, 0.15) is 12.5 Å². The molecule has 0 radical (unpaired) electrons. The lowest BCUT2D eigenvalue weighted by molar-refractivity contribution is -0.142. The molecule has 1 unspecified atom stereocenters. The van der Waals surface area contributed by atoms with Crippen molar-refractivity contribution in [2.24, 2.45) is 0 Å². The molecule has 1 aromatic carbocycles. The monoisotopic (exact) mass is 478 g/mol. The minimum Gasteiger partial charge on any atom is -0.468 e. The Labute approximate surface area is 190 Å². The average molecular weight is 478 g/mol. The molecule has 13 heteroatoms. The van der Waals surface area contributed by atoms with E-state index in [1.165, 1.54) is 18.0 Å². The van der Waals surface area contributed by atoms with Gasteiger partial charge in [-0.2, -0.15) is 4.98 Å². The molecule has 3 aromatic rings. The van der Waals surface area contributed by atoms with Crippen molar-refractivity contribution in [1.82, 2.24) is 24.6 Å². The lowest BCUT2D eigenvalue weighted by Gasteiger charge is -2.23. The Morgan fingerprint density at radius 1 is 1.30 bits per heavy atom. The lowest BCUT2D eigenvalue weighted by Crippen LogP contribution is -2.34. The van der Waals surface area contributed by atoms with E-state index in [-0.39, 0.29) is 37.6 Å². The number of nitrogens with two attached hydrogens (primary N) is 1. The van der Waals surface area contributed by atoms with Crippen molar-refractivity contribution in [1.29, 1.82) is 0 Å². The summed E-state index contributed by atoms with van der Waals surface area (Å²) in [5, 5.41) is 2.78. The predicted molar refractivity (Wildman–Crippen MR) is 122 cm³/mol. The number of aromatic nitrogens is 4. The number of rotatable bonds is 12. The Morgan fingerprint density at radius 3 is 2.79 bits per heavy atom. The molecule has 2 aromatic heterocycles. The Kier molecular flexibility index (Phi) is 8.34. The second kappa shape index (κ2) is 11.2. The van der Waals surface area contributed by atoms with Gasteiger partial charge in [-0.25, -0.2) is 10.1 Å². The summed E-state index contributed by atoms with van der Waals surface area (Å²) < 4.78 is 30.8. The van der Waals surface area contributed by atoms with Crippen LogP contribution in [0, 0.1) is 0 Å². The second-order valence-electron chi connectivity index (χ2n) is 7.21. The number of hydrogen-bond donors (Lipinski definition) is 3. The fraction of sp³-hybridized carbons (Fsp3) is 0.400. The second-order valence-corrected chi connectivity index (χ2v) is 9.53. The van der Waals surface area contributed by atoms with Crippen molar-refractivity contribution >= 4 is 30.6 Å². The van der Waals surface area contributed by atoms with Crippen molar-refractivity contribution in [3.05, 3.63) is 52.6 Å². The van der Waals surface area contributed by atoms with Crippen molar-refractivity contribution < 1.29 is 23.4 Å². The summed E-state index contributed by atoms with van der Waals surface area (Å²) in [6.07, 6.45) is 2.11. The number of anilines is 1. The quantitative estimate of drug-likeness (QED) is 0.196. The summed E-state index contributed by atoms with van der Waals surface area (Å²) in [7, 11) is -2.12. The number of esters is 1. The topological polar surface area (TPSA) is 163 Å². The number of aryl methyl sites for hydroxylation is 1. The van der Waals surface area contributed by atoms with Crippen molar-refractivity contribution in [2.75, 3.05) is 32.2 Å². The first-order valence-corrected chi connectivity index (χ1v) is 12.0. The van der Waals surface area contributed by atoms with Crippen LogP contribution in [0.5, 0.6) is 0 Å². The number of fused-ring (bicyclic) bond motifs is 1. The normalized spacial score (nSPS) is 14.1. The van der Waals surface area contributed by atoms with Crippen LogP contribution in [0.4, 0.5) is 5.95 Å². The van der Waals surface area contributed by atoms with Gasteiger partial charge in [0.1, 0.15) is 12.8 Å². The van der Waals surface area contributed by atoms with Crippen LogP contribution in [0.2, 0.25) is 0 Å².